The average molecular weight is 413 g/mol. The molecular weight excluding hydrogens is 380 g/mol. The summed E-state index contributed by atoms with van der Waals surface area (Å²) in [6.07, 6.45) is 6.09. The number of nitrogens with zero attached hydrogens (tertiary/aromatic N) is 5. The number of aromatic nitrogens is 2. The molecule has 3 fully saturated rings. The first kappa shape index (κ1) is 19.6. The number of likely N-dealkylation sites (tertiary alicyclic amines) is 1. The number of rotatable bonds is 9. The number of hydrogen-bond donors (Lipinski definition) is 1. The van der Waals surface area contributed by atoms with Crippen molar-refractivity contribution in [3.63, 3.8) is 0 Å². The minimum Gasteiger partial charge on any atom is -0.493 e. The molecular formula is C22H32N6O2. The van der Waals surface area contributed by atoms with Gasteiger partial charge in [0, 0.05) is 44.2 Å². The second kappa shape index (κ2) is 8.81. The summed E-state index contributed by atoms with van der Waals surface area (Å²) in [5.41, 5.74) is 4.37. The molecule has 5 rings (SSSR count). The number of fused-ring (bicyclic) bond motifs is 1. The van der Waals surface area contributed by atoms with Crippen molar-refractivity contribution in [2.45, 2.75) is 32.1 Å². The predicted molar refractivity (Wildman–Crippen MR) is 119 cm³/mol. The van der Waals surface area contributed by atoms with Crippen LogP contribution in [-0.4, -0.2) is 79.4 Å². The Hall–Kier alpha value is -2.32. The van der Waals surface area contributed by atoms with Gasteiger partial charge in [-0.2, -0.15) is 4.98 Å². The number of hydrazine groups is 1. The Bertz CT molecular complexity index is 878. The maximum absolute atomic E-state index is 6.13. The largest absolute Gasteiger partial charge is 0.493 e. The van der Waals surface area contributed by atoms with Gasteiger partial charge >= 0.3 is 0 Å². The molecule has 1 aromatic carbocycles. The maximum atomic E-state index is 6.13. The van der Waals surface area contributed by atoms with Gasteiger partial charge in [-0.05, 0) is 51.3 Å². The minimum atomic E-state index is 0.682. The lowest BCUT2D eigenvalue weighted by Gasteiger charge is -2.34. The average Bonchev–Trinajstić information content (AvgIpc) is 3.19. The van der Waals surface area contributed by atoms with Gasteiger partial charge in [-0.1, -0.05) is 0 Å². The lowest BCUT2D eigenvalue weighted by Crippen LogP contribution is -2.42. The zero-order chi connectivity index (χ0) is 20.3. The molecule has 0 atom stereocenters. The van der Waals surface area contributed by atoms with Crippen molar-refractivity contribution in [2.75, 3.05) is 69.9 Å². The molecule has 30 heavy (non-hydrogen) atoms. The Kier molecular flexibility index (Phi) is 5.77. The van der Waals surface area contributed by atoms with Crippen LogP contribution in [0.2, 0.25) is 0 Å². The monoisotopic (exact) mass is 412 g/mol. The topological polar surface area (TPSA) is 66.0 Å². The van der Waals surface area contributed by atoms with Crippen LogP contribution in [0.5, 0.6) is 11.5 Å². The van der Waals surface area contributed by atoms with Gasteiger partial charge < -0.3 is 24.7 Å². The van der Waals surface area contributed by atoms with E-state index in [1.807, 2.05) is 12.1 Å². The lowest BCUT2D eigenvalue weighted by molar-refractivity contribution is 0.225. The molecule has 1 aromatic heterocycles. The first-order valence-electron chi connectivity index (χ1n) is 11.3. The third-order valence-corrected chi connectivity index (χ3v) is 6.30. The van der Waals surface area contributed by atoms with E-state index in [4.69, 9.17) is 19.4 Å². The van der Waals surface area contributed by atoms with Crippen LogP contribution in [-0.2, 0) is 0 Å². The molecule has 0 radical (unpaired) electrons. The van der Waals surface area contributed by atoms with Crippen molar-refractivity contribution < 1.29 is 9.47 Å². The van der Waals surface area contributed by atoms with Crippen LogP contribution < -0.4 is 19.8 Å². The van der Waals surface area contributed by atoms with Crippen molar-refractivity contribution in [3.05, 3.63) is 12.1 Å². The van der Waals surface area contributed by atoms with E-state index >= 15 is 0 Å². The molecule has 4 heterocycles. The van der Waals surface area contributed by atoms with Crippen molar-refractivity contribution in [2.24, 2.45) is 0 Å². The van der Waals surface area contributed by atoms with Crippen LogP contribution in [0, 0.1) is 0 Å². The van der Waals surface area contributed by atoms with Crippen molar-refractivity contribution in [1.82, 2.24) is 19.9 Å². The second-order valence-electron chi connectivity index (χ2n) is 8.44. The van der Waals surface area contributed by atoms with Crippen molar-refractivity contribution >= 4 is 22.7 Å². The van der Waals surface area contributed by atoms with E-state index in [-0.39, 0.29) is 0 Å². The summed E-state index contributed by atoms with van der Waals surface area (Å²) in [4.78, 5) is 14.4. The Balaban J connectivity index is 1.37. The number of methoxy groups -OCH3 is 1. The quantitative estimate of drug-likeness (QED) is 0.631. The van der Waals surface area contributed by atoms with E-state index in [0.29, 0.717) is 6.61 Å². The third-order valence-electron chi connectivity index (χ3n) is 6.30. The zero-order valence-electron chi connectivity index (χ0n) is 17.9. The molecule has 3 aliphatic rings. The van der Waals surface area contributed by atoms with E-state index in [9.17, 15) is 0 Å². The fourth-order valence-electron chi connectivity index (χ4n) is 4.19. The Morgan fingerprint density at radius 3 is 2.40 bits per heavy atom. The van der Waals surface area contributed by atoms with Gasteiger partial charge in [0.1, 0.15) is 0 Å². The predicted octanol–water partition coefficient (Wildman–Crippen LogP) is 2.75. The number of benzene rings is 1. The first-order chi connectivity index (χ1) is 14.8. The molecule has 162 valence electrons. The molecule has 1 N–H and O–H groups in total. The third kappa shape index (κ3) is 4.11. The van der Waals surface area contributed by atoms with E-state index in [1.54, 1.807) is 7.11 Å². The molecule has 0 spiro atoms. The van der Waals surface area contributed by atoms with Gasteiger partial charge in [0.15, 0.2) is 17.3 Å². The molecule has 3 saturated heterocycles. The summed E-state index contributed by atoms with van der Waals surface area (Å²) in [6.45, 7) is 8.35. The highest BCUT2D eigenvalue weighted by Gasteiger charge is 2.23. The summed E-state index contributed by atoms with van der Waals surface area (Å²) in [5.74, 6) is 3.13. The van der Waals surface area contributed by atoms with E-state index < -0.39 is 0 Å². The van der Waals surface area contributed by atoms with E-state index in [0.717, 1.165) is 73.3 Å². The zero-order valence-corrected chi connectivity index (χ0v) is 17.9. The number of ether oxygens (including phenoxy) is 2. The fourth-order valence-corrected chi connectivity index (χ4v) is 4.19. The SMILES string of the molecule is COc1cc2c(NN3CCC3)nc(N3CCC3)nc2cc1OCCCN1CCCC1. The summed E-state index contributed by atoms with van der Waals surface area (Å²) < 4.78 is 11.8. The first-order valence-corrected chi connectivity index (χ1v) is 11.3. The Morgan fingerprint density at radius 2 is 1.73 bits per heavy atom. The van der Waals surface area contributed by atoms with Gasteiger partial charge in [0.25, 0.3) is 0 Å². The maximum Gasteiger partial charge on any atom is 0.227 e. The molecule has 8 nitrogen and oxygen atoms in total. The van der Waals surface area contributed by atoms with Crippen LogP contribution in [0.25, 0.3) is 10.9 Å². The number of anilines is 2. The highest BCUT2D eigenvalue weighted by molar-refractivity contribution is 5.92. The standard InChI is InChI=1S/C22H32N6O2/c1-29-19-15-17-18(16-20(19)30-14-6-9-26-7-2-3-8-26)23-22(27-10-4-11-27)24-21(17)25-28-12-5-13-28/h15-16H,2-14H2,1H3,(H,23,24,25). The smallest absolute Gasteiger partial charge is 0.227 e. The van der Waals surface area contributed by atoms with E-state index in [2.05, 4.69) is 20.2 Å². The van der Waals surface area contributed by atoms with Gasteiger partial charge in [0.2, 0.25) is 5.95 Å². The molecule has 0 amide bonds. The lowest BCUT2D eigenvalue weighted by atomic mass is 10.2. The highest BCUT2D eigenvalue weighted by Crippen LogP contribution is 2.36. The van der Waals surface area contributed by atoms with Crippen LogP contribution in [0.4, 0.5) is 11.8 Å². The number of hydrogen-bond acceptors (Lipinski definition) is 8. The molecule has 3 aliphatic heterocycles. The highest BCUT2D eigenvalue weighted by atomic mass is 16.5. The van der Waals surface area contributed by atoms with Crippen molar-refractivity contribution in [1.29, 1.82) is 0 Å². The summed E-state index contributed by atoms with van der Waals surface area (Å²) >= 11 is 0. The Labute approximate surface area is 178 Å². The summed E-state index contributed by atoms with van der Waals surface area (Å²) in [7, 11) is 1.69. The van der Waals surface area contributed by atoms with Crippen LogP contribution in [0.3, 0.4) is 0 Å². The van der Waals surface area contributed by atoms with Gasteiger partial charge in [-0.25, -0.2) is 9.99 Å². The normalized spacial score (nSPS) is 19.6. The van der Waals surface area contributed by atoms with Gasteiger partial charge in [-0.15, -0.1) is 0 Å². The van der Waals surface area contributed by atoms with Crippen LogP contribution in [0.15, 0.2) is 12.1 Å². The van der Waals surface area contributed by atoms with E-state index in [1.165, 1.54) is 38.8 Å². The second-order valence-corrected chi connectivity index (χ2v) is 8.44. The molecule has 2 aromatic rings. The van der Waals surface area contributed by atoms with Crippen LogP contribution in [0.1, 0.15) is 32.1 Å². The molecule has 0 aliphatic carbocycles. The molecule has 0 saturated carbocycles. The van der Waals surface area contributed by atoms with Crippen LogP contribution >= 0.6 is 0 Å². The van der Waals surface area contributed by atoms with Gasteiger partial charge in [-0.3, -0.25) is 0 Å². The minimum absolute atomic E-state index is 0.682. The molecule has 0 bridgehead atoms. The molecule has 8 heteroatoms. The fraction of sp³-hybridized carbons (Fsp3) is 0.636. The summed E-state index contributed by atoms with van der Waals surface area (Å²) in [5, 5.41) is 3.16. The molecule has 0 unspecified atom stereocenters. The van der Waals surface area contributed by atoms with Gasteiger partial charge in [0.05, 0.1) is 19.2 Å². The number of nitrogens with one attached hydrogen (secondary N) is 1. The Morgan fingerprint density at radius 1 is 0.933 bits per heavy atom. The summed E-state index contributed by atoms with van der Waals surface area (Å²) in [6, 6.07) is 4.02. The van der Waals surface area contributed by atoms with Crippen molar-refractivity contribution in [3.8, 4) is 11.5 Å².